The van der Waals surface area contributed by atoms with E-state index in [1.54, 1.807) is 0 Å². The molecule has 0 unspecified atom stereocenters. The highest BCUT2D eigenvalue weighted by Gasteiger charge is 2.20. The zero-order chi connectivity index (χ0) is 33.0. The lowest BCUT2D eigenvalue weighted by molar-refractivity contribution is 0.719. The first-order valence-corrected chi connectivity index (χ1v) is 16.6. The van der Waals surface area contributed by atoms with Gasteiger partial charge in [-0.2, -0.15) is 0 Å². The summed E-state index contributed by atoms with van der Waals surface area (Å²) in [5, 5.41) is 7.40. The maximum absolute atomic E-state index is 5.54. The number of anilines is 2. The van der Waals surface area contributed by atoms with E-state index in [2.05, 4.69) is 194 Å². The van der Waals surface area contributed by atoms with Gasteiger partial charge in [-0.05, 0) is 73.2 Å². The van der Waals surface area contributed by atoms with Gasteiger partial charge in [0.1, 0.15) is 0 Å². The Kier molecular flexibility index (Phi) is 10.9. The Hall–Kier alpha value is -5.74. The molecule has 238 valence electrons. The molecule has 0 amide bonds. The fourth-order valence-corrected chi connectivity index (χ4v) is 5.67. The number of aliphatic imine (C=N–C) groups is 2. The minimum absolute atomic E-state index is 0.157. The molecule has 0 spiro atoms. The normalized spacial score (nSPS) is 13.0. The second-order valence-electron chi connectivity index (χ2n) is 12.2. The fraction of sp³-hybridized carbons (Fsp3) is 0.136. The predicted molar refractivity (Wildman–Crippen MR) is 203 cm³/mol. The van der Waals surface area contributed by atoms with Crippen LogP contribution in [0.2, 0.25) is 0 Å². The third kappa shape index (κ3) is 9.17. The molecule has 2 N–H and O–H groups in total. The number of hydrogen-bond donors (Lipinski definition) is 2. The van der Waals surface area contributed by atoms with Gasteiger partial charge < -0.3 is 10.6 Å². The molecule has 0 bridgehead atoms. The van der Waals surface area contributed by atoms with Gasteiger partial charge in [-0.15, -0.1) is 0 Å². The Morgan fingerprint density at radius 1 is 0.417 bits per heavy atom. The number of benzene rings is 6. The molecule has 0 saturated carbocycles. The zero-order valence-electron chi connectivity index (χ0n) is 27.6. The summed E-state index contributed by atoms with van der Waals surface area (Å²) in [4.78, 5) is 11.1. The Labute approximate surface area is 285 Å². The lowest BCUT2D eigenvalue weighted by Crippen LogP contribution is -2.32. The molecule has 4 nitrogen and oxygen atoms in total. The first-order valence-electron chi connectivity index (χ1n) is 16.6. The Morgan fingerprint density at radius 2 is 0.729 bits per heavy atom. The summed E-state index contributed by atoms with van der Waals surface area (Å²) >= 11 is 0. The van der Waals surface area contributed by atoms with E-state index in [1.807, 2.05) is 0 Å². The smallest absolute Gasteiger partial charge is 0.169 e. The van der Waals surface area contributed by atoms with E-state index in [1.165, 1.54) is 22.3 Å². The zero-order valence-corrected chi connectivity index (χ0v) is 27.6. The van der Waals surface area contributed by atoms with Gasteiger partial charge in [0.2, 0.25) is 0 Å². The summed E-state index contributed by atoms with van der Waals surface area (Å²) in [6.07, 6.45) is 1.49. The first kappa shape index (κ1) is 32.2. The van der Waals surface area contributed by atoms with Gasteiger partial charge in [-0.25, -0.2) is 0 Å². The summed E-state index contributed by atoms with van der Waals surface area (Å²) < 4.78 is 0. The monoisotopic (exact) mass is 626 g/mol. The minimum atomic E-state index is -0.157. The lowest BCUT2D eigenvalue weighted by atomic mass is 9.99. The summed E-state index contributed by atoms with van der Waals surface area (Å²) in [5.41, 5.74) is 9.02. The molecule has 2 atom stereocenters. The van der Waals surface area contributed by atoms with Crippen LogP contribution in [0, 0.1) is 13.8 Å². The van der Waals surface area contributed by atoms with Crippen molar-refractivity contribution in [1.29, 1.82) is 0 Å². The van der Waals surface area contributed by atoms with Crippen molar-refractivity contribution in [1.82, 2.24) is 0 Å². The van der Waals surface area contributed by atoms with E-state index in [0.29, 0.717) is 11.7 Å². The van der Waals surface area contributed by atoms with Crippen LogP contribution in [0.3, 0.4) is 0 Å². The van der Waals surface area contributed by atoms with Crippen LogP contribution in [-0.4, -0.2) is 11.7 Å². The highest BCUT2D eigenvalue weighted by molar-refractivity contribution is 6.48. The molecule has 6 rings (SSSR count). The average molecular weight is 627 g/mol. The third-order valence-corrected chi connectivity index (χ3v) is 8.34. The summed E-state index contributed by atoms with van der Waals surface area (Å²) in [6, 6.07) is 58.8. The maximum atomic E-state index is 5.54. The Bertz CT molecular complexity index is 1760. The number of rotatable bonds is 10. The summed E-state index contributed by atoms with van der Waals surface area (Å²) in [7, 11) is 0. The van der Waals surface area contributed by atoms with Crippen LogP contribution in [0.1, 0.15) is 45.5 Å². The number of nitrogens with one attached hydrogen (secondary N) is 2. The first-order chi connectivity index (χ1) is 23.6. The van der Waals surface area contributed by atoms with Gasteiger partial charge in [0.05, 0.1) is 12.1 Å². The molecule has 0 fully saturated rings. The van der Waals surface area contributed by atoms with E-state index < -0.39 is 0 Å². The van der Waals surface area contributed by atoms with Crippen LogP contribution < -0.4 is 10.6 Å². The Morgan fingerprint density at radius 3 is 1.06 bits per heavy atom. The van der Waals surface area contributed by atoms with Crippen molar-refractivity contribution in [3.05, 3.63) is 203 Å². The van der Waals surface area contributed by atoms with E-state index in [-0.39, 0.29) is 12.1 Å². The predicted octanol–water partition coefficient (Wildman–Crippen LogP) is 10.6. The highest BCUT2D eigenvalue weighted by Crippen LogP contribution is 2.27. The molecule has 0 aliphatic rings. The molecule has 0 aromatic heterocycles. The van der Waals surface area contributed by atoms with E-state index in [9.17, 15) is 0 Å². The molecule has 0 saturated heterocycles. The van der Waals surface area contributed by atoms with Crippen molar-refractivity contribution in [2.24, 2.45) is 9.98 Å². The second kappa shape index (κ2) is 16.2. The molecule has 4 heteroatoms. The van der Waals surface area contributed by atoms with Gasteiger partial charge in [-0.3, -0.25) is 9.98 Å². The highest BCUT2D eigenvalue weighted by atomic mass is 15.1. The maximum Gasteiger partial charge on any atom is 0.169 e. The lowest BCUT2D eigenvalue weighted by Gasteiger charge is -2.22. The largest absolute Gasteiger partial charge is 0.337 e. The molecule has 0 aliphatic heterocycles. The molecule has 0 radical (unpaired) electrons. The van der Waals surface area contributed by atoms with Crippen LogP contribution in [0.5, 0.6) is 0 Å². The van der Waals surface area contributed by atoms with Gasteiger partial charge >= 0.3 is 0 Å². The fourth-order valence-electron chi connectivity index (χ4n) is 5.67. The molecule has 0 heterocycles. The van der Waals surface area contributed by atoms with Crippen molar-refractivity contribution < 1.29 is 0 Å². The van der Waals surface area contributed by atoms with Gasteiger partial charge in [0.15, 0.2) is 11.7 Å². The number of amidine groups is 2. The van der Waals surface area contributed by atoms with Gasteiger partial charge in [0.25, 0.3) is 0 Å². The van der Waals surface area contributed by atoms with Gasteiger partial charge in [0, 0.05) is 11.4 Å². The molecule has 48 heavy (non-hydrogen) atoms. The topological polar surface area (TPSA) is 48.8 Å². The summed E-state index contributed by atoms with van der Waals surface area (Å²) in [5.74, 6) is 1.36. The van der Waals surface area contributed by atoms with E-state index >= 15 is 0 Å². The molecule has 0 aliphatic carbocycles. The van der Waals surface area contributed by atoms with Crippen molar-refractivity contribution in [3.63, 3.8) is 0 Å². The molecule has 6 aromatic rings. The van der Waals surface area contributed by atoms with Crippen LogP contribution in [0.25, 0.3) is 0 Å². The van der Waals surface area contributed by atoms with Crippen LogP contribution >= 0.6 is 0 Å². The minimum Gasteiger partial charge on any atom is -0.337 e. The number of aryl methyl sites for hydroxylation is 2. The van der Waals surface area contributed by atoms with Crippen LogP contribution in [0.15, 0.2) is 180 Å². The SMILES string of the molecule is Cc1ccc(NC(=N[C@@H](Cc2ccccc2)c2ccccc2)C(=N[C@H](Cc2ccccc2)c2ccccc2)Nc2ccc(C)cc2)cc1. The van der Waals surface area contributed by atoms with Crippen molar-refractivity contribution in [2.45, 2.75) is 38.8 Å². The van der Waals surface area contributed by atoms with Crippen molar-refractivity contribution in [2.75, 3.05) is 10.6 Å². The van der Waals surface area contributed by atoms with Crippen molar-refractivity contribution >= 4 is 23.0 Å². The van der Waals surface area contributed by atoms with E-state index in [0.717, 1.165) is 35.3 Å². The number of hydrogen-bond acceptors (Lipinski definition) is 2. The Balaban J connectivity index is 1.52. The van der Waals surface area contributed by atoms with Crippen molar-refractivity contribution in [3.8, 4) is 0 Å². The second-order valence-corrected chi connectivity index (χ2v) is 12.2. The van der Waals surface area contributed by atoms with Gasteiger partial charge in [-0.1, -0.05) is 157 Å². The molecular formula is C44H42N4. The number of nitrogens with zero attached hydrogens (tertiary/aromatic N) is 2. The van der Waals surface area contributed by atoms with Crippen LogP contribution in [0.4, 0.5) is 11.4 Å². The molecular weight excluding hydrogens is 585 g/mol. The quantitative estimate of drug-likeness (QED) is 0.117. The average Bonchev–Trinajstić information content (AvgIpc) is 3.14. The van der Waals surface area contributed by atoms with E-state index in [4.69, 9.17) is 9.98 Å². The third-order valence-electron chi connectivity index (χ3n) is 8.34. The van der Waals surface area contributed by atoms with Crippen LogP contribution in [-0.2, 0) is 12.8 Å². The standard InChI is InChI=1S/C44H42N4/c1-33-23-27-39(28-24-33)45-43(47-41(37-19-11-5-12-20-37)31-35-15-7-3-8-16-35)44(46-40-29-25-34(2)26-30-40)48-42(38-21-13-6-14-22-38)32-36-17-9-4-10-18-36/h3-30,41-42H,31-32H2,1-2H3,(H,45,47)(H,46,48)/t41-,42+. The molecule has 6 aromatic carbocycles. The summed E-state index contributed by atoms with van der Waals surface area (Å²) in [6.45, 7) is 4.20.